The lowest BCUT2D eigenvalue weighted by molar-refractivity contribution is -0.154. The number of carbonyl (C=O) groups excluding carboxylic acids is 1. The minimum atomic E-state index is -4.62. The number of carbonyl (C=O) groups is 1. The third-order valence-corrected chi connectivity index (χ3v) is 6.52. The maximum absolute atomic E-state index is 12.8. The minimum Gasteiger partial charge on any atom is -0.482 e. The Bertz CT molecular complexity index is 1640. The summed E-state index contributed by atoms with van der Waals surface area (Å²) in [6.07, 6.45) is -1.80. The molecule has 4 rings (SSSR count). The summed E-state index contributed by atoms with van der Waals surface area (Å²) >= 11 is 0. The number of benzene rings is 2. The molecule has 0 saturated carbocycles. The smallest absolute Gasteiger partial charge is 0.422 e. The Morgan fingerprint density at radius 2 is 1.68 bits per heavy atom. The second kappa shape index (κ2) is 10.8. The Kier molecular flexibility index (Phi) is 7.79. The highest BCUT2D eigenvalue weighted by molar-refractivity contribution is 7.90. The maximum atomic E-state index is 12.8. The fourth-order valence-electron chi connectivity index (χ4n) is 3.70. The Morgan fingerprint density at radius 3 is 2.30 bits per heavy atom. The number of ether oxygens (including phenoxy) is 2. The van der Waals surface area contributed by atoms with E-state index in [4.69, 9.17) is 9.47 Å². The molecular weight excluding hydrogens is 549 g/mol. The minimum absolute atomic E-state index is 0.0633. The van der Waals surface area contributed by atoms with Crippen LogP contribution < -0.4 is 10.1 Å². The molecule has 0 atom stereocenters. The molecular formula is C27H27F3N4O5S. The number of pyridine rings is 1. The van der Waals surface area contributed by atoms with Gasteiger partial charge in [-0.05, 0) is 56.2 Å². The van der Waals surface area contributed by atoms with E-state index >= 15 is 0 Å². The van der Waals surface area contributed by atoms with Crippen LogP contribution in [-0.4, -0.2) is 53.6 Å². The zero-order chi connectivity index (χ0) is 29.3. The van der Waals surface area contributed by atoms with Crippen molar-refractivity contribution >= 4 is 33.1 Å². The lowest BCUT2D eigenvalue weighted by Gasteiger charge is -2.19. The molecule has 2 aromatic carbocycles. The predicted molar refractivity (Wildman–Crippen MR) is 142 cm³/mol. The molecule has 0 fully saturated rings. The Balaban J connectivity index is 1.54. The van der Waals surface area contributed by atoms with Crippen molar-refractivity contribution in [1.82, 2.24) is 14.6 Å². The van der Waals surface area contributed by atoms with Gasteiger partial charge in [-0.25, -0.2) is 12.9 Å². The summed E-state index contributed by atoms with van der Waals surface area (Å²) in [4.78, 5) is 16.2. The third kappa shape index (κ3) is 7.72. The SMILES string of the molecule is CC(C)(C)OC(=O)Cc1ccc(-c2ccc3nc(Nc4ccc(S(C)(=O)=O)cc4OCC(F)(F)F)nn3c2)cc1. The summed E-state index contributed by atoms with van der Waals surface area (Å²) in [5.74, 6) is -0.567. The number of halogens is 3. The van der Waals surface area contributed by atoms with Crippen LogP contribution in [0.25, 0.3) is 16.8 Å². The predicted octanol–water partition coefficient (Wildman–Crippen LogP) is 5.37. The average Bonchev–Trinajstić information content (AvgIpc) is 3.23. The fourth-order valence-corrected chi connectivity index (χ4v) is 4.34. The summed E-state index contributed by atoms with van der Waals surface area (Å²) in [6.45, 7) is 3.83. The number of hydrogen-bond donors (Lipinski definition) is 1. The number of alkyl halides is 3. The topological polar surface area (TPSA) is 112 Å². The molecule has 4 aromatic rings. The summed E-state index contributed by atoms with van der Waals surface area (Å²) in [6, 6.07) is 14.5. The number of anilines is 2. The molecule has 0 unspecified atom stereocenters. The zero-order valence-electron chi connectivity index (χ0n) is 22.1. The number of nitrogens with one attached hydrogen (secondary N) is 1. The molecule has 0 saturated heterocycles. The zero-order valence-corrected chi connectivity index (χ0v) is 22.9. The van der Waals surface area contributed by atoms with Gasteiger partial charge in [-0.3, -0.25) is 4.79 Å². The Morgan fingerprint density at radius 1 is 1.00 bits per heavy atom. The van der Waals surface area contributed by atoms with Gasteiger partial charge in [0.15, 0.2) is 22.1 Å². The summed E-state index contributed by atoms with van der Waals surface area (Å²) in [7, 11) is -3.68. The lowest BCUT2D eigenvalue weighted by atomic mass is 10.0. The molecule has 2 aromatic heterocycles. The number of nitrogens with zero attached hydrogens (tertiary/aromatic N) is 3. The molecule has 0 aliphatic rings. The molecule has 0 bridgehead atoms. The van der Waals surface area contributed by atoms with E-state index in [-0.39, 0.29) is 34.7 Å². The van der Waals surface area contributed by atoms with Crippen molar-refractivity contribution in [1.29, 1.82) is 0 Å². The fraction of sp³-hybridized carbons (Fsp3) is 0.296. The van der Waals surface area contributed by atoms with Gasteiger partial charge in [0.05, 0.1) is 17.0 Å². The first-order valence-corrected chi connectivity index (χ1v) is 13.9. The van der Waals surface area contributed by atoms with E-state index in [1.54, 1.807) is 12.3 Å². The number of aromatic nitrogens is 3. The molecule has 212 valence electrons. The molecule has 9 nitrogen and oxygen atoms in total. The second-order valence-electron chi connectivity index (χ2n) is 10.1. The Labute approximate surface area is 228 Å². The van der Waals surface area contributed by atoms with Crippen LogP contribution in [0, 0.1) is 0 Å². The molecule has 0 radical (unpaired) electrons. The van der Waals surface area contributed by atoms with Gasteiger partial charge >= 0.3 is 12.1 Å². The first kappa shape index (κ1) is 28.9. The van der Waals surface area contributed by atoms with Crippen molar-refractivity contribution in [3.05, 3.63) is 66.4 Å². The van der Waals surface area contributed by atoms with Crippen LogP contribution in [-0.2, 0) is 25.8 Å². The first-order valence-electron chi connectivity index (χ1n) is 12.0. The summed E-state index contributed by atoms with van der Waals surface area (Å²) in [5.41, 5.74) is 2.43. The standard InChI is InChI=1S/C27H27F3N4O5S/c1-26(2,3)39-24(35)13-17-5-7-18(8-6-17)19-9-12-23-32-25(33-34(23)15-19)31-21-11-10-20(40(4,36)37)14-22(21)38-16-27(28,29)30/h5-12,14-15H,13,16H2,1-4H3,(H,31,33). The van der Waals surface area contributed by atoms with E-state index in [0.717, 1.165) is 29.0 Å². The van der Waals surface area contributed by atoms with Crippen molar-refractivity contribution in [2.75, 3.05) is 18.2 Å². The monoisotopic (exact) mass is 576 g/mol. The number of fused-ring (bicyclic) bond motifs is 1. The van der Waals surface area contributed by atoms with Crippen LogP contribution in [0.3, 0.4) is 0 Å². The highest BCUT2D eigenvalue weighted by atomic mass is 32.2. The lowest BCUT2D eigenvalue weighted by Crippen LogP contribution is -2.24. The quantitative estimate of drug-likeness (QED) is 0.279. The van der Waals surface area contributed by atoms with E-state index in [2.05, 4.69) is 15.4 Å². The van der Waals surface area contributed by atoms with E-state index in [1.807, 2.05) is 51.1 Å². The van der Waals surface area contributed by atoms with E-state index in [0.29, 0.717) is 5.65 Å². The van der Waals surface area contributed by atoms with Crippen LogP contribution in [0.2, 0.25) is 0 Å². The number of hydrogen-bond acceptors (Lipinski definition) is 8. The average molecular weight is 577 g/mol. The van der Waals surface area contributed by atoms with Crippen LogP contribution in [0.15, 0.2) is 65.7 Å². The van der Waals surface area contributed by atoms with Crippen molar-refractivity contribution in [3.63, 3.8) is 0 Å². The van der Waals surface area contributed by atoms with Crippen LogP contribution >= 0.6 is 0 Å². The van der Waals surface area contributed by atoms with Gasteiger partial charge in [-0.2, -0.15) is 18.2 Å². The molecule has 1 N–H and O–H groups in total. The van der Waals surface area contributed by atoms with Gasteiger partial charge in [0.2, 0.25) is 5.95 Å². The molecule has 0 aliphatic carbocycles. The van der Waals surface area contributed by atoms with E-state index in [9.17, 15) is 26.4 Å². The van der Waals surface area contributed by atoms with Crippen molar-refractivity contribution < 1.29 is 35.9 Å². The van der Waals surface area contributed by atoms with Gasteiger partial charge in [0.1, 0.15) is 11.4 Å². The van der Waals surface area contributed by atoms with Crippen LogP contribution in [0.5, 0.6) is 5.75 Å². The first-order chi connectivity index (χ1) is 18.6. The van der Waals surface area contributed by atoms with E-state index in [1.165, 1.54) is 16.6 Å². The second-order valence-corrected chi connectivity index (χ2v) is 12.1. The molecule has 0 spiro atoms. The Hall–Kier alpha value is -4.13. The number of sulfone groups is 1. The number of esters is 1. The van der Waals surface area contributed by atoms with Crippen LogP contribution in [0.4, 0.5) is 24.8 Å². The van der Waals surface area contributed by atoms with Crippen molar-refractivity contribution in [3.8, 4) is 16.9 Å². The van der Waals surface area contributed by atoms with E-state index < -0.39 is 28.2 Å². The maximum Gasteiger partial charge on any atom is 0.422 e. The van der Waals surface area contributed by atoms with Gasteiger partial charge in [-0.15, -0.1) is 5.10 Å². The molecule has 0 amide bonds. The van der Waals surface area contributed by atoms with Gasteiger partial charge in [-0.1, -0.05) is 24.3 Å². The van der Waals surface area contributed by atoms with Gasteiger partial charge in [0, 0.05) is 24.1 Å². The highest BCUT2D eigenvalue weighted by Crippen LogP contribution is 2.32. The molecule has 2 heterocycles. The largest absolute Gasteiger partial charge is 0.482 e. The molecule has 0 aliphatic heterocycles. The van der Waals surface area contributed by atoms with Crippen molar-refractivity contribution in [2.24, 2.45) is 0 Å². The van der Waals surface area contributed by atoms with Crippen LogP contribution in [0.1, 0.15) is 26.3 Å². The summed E-state index contributed by atoms with van der Waals surface area (Å²) < 4.78 is 73.8. The van der Waals surface area contributed by atoms with Gasteiger partial charge < -0.3 is 14.8 Å². The molecule has 13 heteroatoms. The molecule has 40 heavy (non-hydrogen) atoms. The van der Waals surface area contributed by atoms with Crippen molar-refractivity contribution in [2.45, 2.75) is 43.9 Å². The highest BCUT2D eigenvalue weighted by Gasteiger charge is 2.29. The normalized spacial score (nSPS) is 12.4. The third-order valence-electron chi connectivity index (χ3n) is 5.41. The summed E-state index contributed by atoms with van der Waals surface area (Å²) in [5, 5.41) is 7.15. The number of rotatable bonds is 8. The van der Waals surface area contributed by atoms with Gasteiger partial charge in [0.25, 0.3) is 0 Å².